The van der Waals surface area contributed by atoms with Gasteiger partial charge in [0.2, 0.25) is 5.88 Å². The summed E-state index contributed by atoms with van der Waals surface area (Å²) in [6.45, 7) is 4.53. The highest BCUT2D eigenvalue weighted by Gasteiger charge is 2.34. The first-order valence-electron chi connectivity index (χ1n) is 12.1. The smallest absolute Gasteiger partial charge is 0.273 e. The standard InChI is InChI=1S/C27H31N5O2/c1-17(2)32-16-22-24(27(32)33)30-25(20-13-14-28-23(15-20)34-3)31-26(22)29-21-11-9-19(10-12-21)18-7-5-4-6-8-18/h9-15,17-18H,4-8,16H2,1-3H3,(H,29,30,31). The number of nitrogens with zero attached hydrogens (tertiary/aromatic N) is 4. The molecule has 1 aromatic carbocycles. The van der Waals surface area contributed by atoms with Gasteiger partial charge < -0.3 is 15.0 Å². The maximum atomic E-state index is 13.1. The van der Waals surface area contributed by atoms with Crippen LogP contribution < -0.4 is 10.1 Å². The molecule has 0 radical (unpaired) electrons. The van der Waals surface area contributed by atoms with Crippen molar-refractivity contribution in [3.8, 4) is 17.3 Å². The van der Waals surface area contributed by atoms with Crippen molar-refractivity contribution in [2.45, 2.75) is 64.5 Å². The van der Waals surface area contributed by atoms with Gasteiger partial charge in [-0.15, -0.1) is 0 Å². The fourth-order valence-corrected chi connectivity index (χ4v) is 4.91. The van der Waals surface area contributed by atoms with E-state index in [-0.39, 0.29) is 11.9 Å². The van der Waals surface area contributed by atoms with E-state index in [4.69, 9.17) is 9.72 Å². The Balaban J connectivity index is 1.50. The summed E-state index contributed by atoms with van der Waals surface area (Å²) in [5.74, 6) is 2.21. The Bertz CT molecular complexity index is 1190. The van der Waals surface area contributed by atoms with Gasteiger partial charge in [-0.2, -0.15) is 0 Å². The number of hydrogen-bond acceptors (Lipinski definition) is 6. The van der Waals surface area contributed by atoms with Crippen molar-refractivity contribution in [1.82, 2.24) is 19.9 Å². The van der Waals surface area contributed by atoms with E-state index in [0.717, 1.165) is 16.8 Å². The number of rotatable bonds is 6. The van der Waals surface area contributed by atoms with Gasteiger partial charge in [-0.1, -0.05) is 31.4 Å². The van der Waals surface area contributed by atoms with Crippen LogP contribution in [0.5, 0.6) is 5.88 Å². The molecule has 0 spiro atoms. The third-order valence-electron chi connectivity index (χ3n) is 6.87. The van der Waals surface area contributed by atoms with Gasteiger partial charge in [-0.3, -0.25) is 4.79 Å². The number of anilines is 2. The first kappa shape index (κ1) is 22.3. The Hall–Kier alpha value is -3.48. The summed E-state index contributed by atoms with van der Waals surface area (Å²) in [6, 6.07) is 12.4. The Morgan fingerprint density at radius 2 is 1.82 bits per heavy atom. The van der Waals surface area contributed by atoms with Crippen LogP contribution in [0.4, 0.5) is 11.5 Å². The third kappa shape index (κ3) is 4.34. The van der Waals surface area contributed by atoms with Gasteiger partial charge in [0.1, 0.15) is 11.5 Å². The van der Waals surface area contributed by atoms with Crippen LogP contribution in [0.1, 0.15) is 73.5 Å². The molecule has 5 rings (SSSR count). The quantitative estimate of drug-likeness (QED) is 0.511. The summed E-state index contributed by atoms with van der Waals surface area (Å²) in [5, 5.41) is 3.48. The van der Waals surface area contributed by atoms with Gasteiger partial charge in [-0.05, 0) is 56.4 Å². The molecule has 34 heavy (non-hydrogen) atoms. The van der Waals surface area contributed by atoms with Gasteiger partial charge >= 0.3 is 0 Å². The van der Waals surface area contributed by atoms with Gasteiger partial charge in [-0.25, -0.2) is 15.0 Å². The molecule has 0 bridgehead atoms. The van der Waals surface area contributed by atoms with E-state index in [2.05, 4.69) is 39.6 Å². The average Bonchev–Trinajstić information content (AvgIpc) is 3.22. The number of hydrogen-bond donors (Lipinski definition) is 1. The number of ether oxygens (including phenoxy) is 1. The second-order valence-corrected chi connectivity index (χ2v) is 9.42. The highest BCUT2D eigenvalue weighted by Crippen LogP contribution is 2.35. The van der Waals surface area contributed by atoms with Crippen LogP contribution in [0.2, 0.25) is 0 Å². The van der Waals surface area contributed by atoms with Gasteiger partial charge in [0.05, 0.1) is 13.7 Å². The fraction of sp³-hybridized carbons (Fsp3) is 0.407. The van der Waals surface area contributed by atoms with Crippen LogP contribution >= 0.6 is 0 Å². The molecule has 1 aliphatic carbocycles. The molecule has 2 aromatic heterocycles. The predicted molar refractivity (Wildman–Crippen MR) is 132 cm³/mol. The number of carbonyl (C=O) groups excluding carboxylic acids is 1. The van der Waals surface area contributed by atoms with Gasteiger partial charge in [0.25, 0.3) is 5.91 Å². The summed E-state index contributed by atoms with van der Waals surface area (Å²) in [6.07, 6.45) is 8.20. The number of benzene rings is 1. The number of fused-ring (bicyclic) bond motifs is 1. The molecule has 1 N–H and O–H groups in total. The van der Waals surface area contributed by atoms with Crippen molar-refractivity contribution >= 4 is 17.4 Å². The lowest BCUT2D eigenvalue weighted by molar-refractivity contribution is 0.0726. The molecule has 1 saturated carbocycles. The Morgan fingerprint density at radius 3 is 2.53 bits per heavy atom. The van der Waals surface area contributed by atoms with E-state index < -0.39 is 0 Å². The number of aromatic nitrogens is 3. The summed E-state index contributed by atoms with van der Waals surface area (Å²) in [5.41, 5.74) is 4.40. The predicted octanol–water partition coefficient (Wildman–Crippen LogP) is 5.70. The molecule has 0 atom stereocenters. The molecule has 1 aliphatic heterocycles. The summed E-state index contributed by atoms with van der Waals surface area (Å²) in [4.78, 5) is 28.6. The highest BCUT2D eigenvalue weighted by molar-refractivity contribution is 5.98. The molecule has 7 nitrogen and oxygen atoms in total. The minimum Gasteiger partial charge on any atom is -0.481 e. The lowest BCUT2D eigenvalue weighted by Gasteiger charge is -2.22. The molecule has 3 heterocycles. The monoisotopic (exact) mass is 457 g/mol. The van der Waals surface area contributed by atoms with Gasteiger partial charge in [0, 0.05) is 35.1 Å². The normalized spacial score (nSPS) is 16.1. The second-order valence-electron chi connectivity index (χ2n) is 9.42. The molecule has 7 heteroatoms. The van der Waals surface area contributed by atoms with Crippen LogP contribution in [-0.4, -0.2) is 38.9 Å². The van der Waals surface area contributed by atoms with Crippen molar-refractivity contribution in [3.63, 3.8) is 0 Å². The maximum Gasteiger partial charge on any atom is 0.273 e. The van der Waals surface area contributed by atoms with E-state index in [1.54, 1.807) is 19.4 Å². The summed E-state index contributed by atoms with van der Waals surface area (Å²) < 4.78 is 5.27. The number of methoxy groups -OCH3 is 1. The fourth-order valence-electron chi connectivity index (χ4n) is 4.91. The maximum absolute atomic E-state index is 13.1. The summed E-state index contributed by atoms with van der Waals surface area (Å²) >= 11 is 0. The topological polar surface area (TPSA) is 80.2 Å². The van der Waals surface area contributed by atoms with Crippen molar-refractivity contribution in [3.05, 3.63) is 59.4 Å². The van der Waals surface area contributed by atoms with Crippen molar-refractivity contribution < 1.29 is 9.53 Å². The van der Waals surface area contributed by atoms with Crippen LogP contribution in [0.3, 0.4) is 0 Å². The van der Waals surface area contributed by atoms with E-state index in [0.29, 0.717) is 35.7 Å². The van der Waals surface area contributed by atoms with Crippen molar-refractivity contribution in [1.29, 1.82) is 0 Å². The lowest BCUT2D eigenvalue weighted by Crippen LogP contribution is -2.31. The number of pyridine rings is 1. The van der Waals surface area contributed by atoms with E-state index in [9.17, 15) is 4.79 Å². The van der Waals surface area contributed by atoms with E-state index in [1.807, 2.05) is 24.8 Å². The zero-order valence-corrected chi connectivity index (χ0v) is 20.0. The molecule has 0 saturated heterocycles. The van der Waals surface area contributed by atoms with Crippen molar-refractivity contribution in [2.75, 3.05) is 12.4 Å². The largest absolute Gasteiger partial charge is 0.481 e. The van der Waals surface area contributed by atoms with E-state index >= 15 is 0 Å². The zero-order valence-electron chi connectivity index (χ0n) is 20.0. The van der Waals surface area contributed by atoms with Crippen LogP contribution in [-0.2, 0) is 6.54 Å². The molecule has 3 aromatic rings. The first-order chi connectivity index (χ1) is 16.5. The molecular weight excluding hydrogens is 426 g/mol. The minimum atomic E-state index is -0.0645. The number of amides is 1. The zero-order chi connectivity index (χ0) is 23.7. The molecule has 2 aliphatic rings. The Labute approximate surface area is 200 Å². The number of nitrogens with one attached hydrogen (secondary N) is 1. The average molecular weight is 458 g/mol. The van der Waals surface area contributed by atoms with Crippen LogP contribution in [0.25, 0.3) is 11.4 Å². The molecule has 0 unspecified atom stereocenters. The summed E-state index contributed by atoms with van der Waals surface area (Å²) in [7, 11) is 1.57. The SMILES string of the molecule is COc1cc(-c2nc(Nc3ccc(C4CCCCC4)cc3)c3c(n2)C(=O)N(C(C)C)C3)ccn1. The minimum absolute atomic E-state index is 0.0645. The van der Waals surface area contributed by atoms with Crippen LogP contribution in [0, 0.1) is 0 Å². The van der Waals surface area contributed by atoms with Gasteiger partial charge in [0.15, 0.2) is 5.82 Å². The number of carbonyl (C=O) groups is 1. The first-order valence-corrected chi connectivity index (χ1v) is 12.1. The second kappa shape index (κ2) is 9.41. The van der Waals surface area contributed by atoms with Crippen LogP contribution in [0.15, 0.2) is 42.6 Å². The lowest BCUT2D eigenvalue weighted by atomic mass is 9.84. The highest BCUT2D eigenvalue weighted by atomic mass is 16.5. The van der Waals surface area contributed by atoms with E-state index in [1.165, 1.54) is 37.7 Å². The van der Waals surface area contributed by atoms with Crippen molar-refractivity contribution in [2.24, 2.45) is 0 Å². The Kier molecular flexibility index (Phi) is 6.18. The molecule has 176 valence electrons. The third-order valence-corrected chi connectivity index (χ3v) is 6.87. The Morgan fingerprint density at radius 1 is 1.06 bits per heavy atom. The molecule has 1 fully saturated rings. The molecular formula is C27H31N5O2. The molecule has 1 amide bonds.